The fourth-order valence-electron chi connectivity index (χ4n) is 2.55. The molecule has 0 aliphatic heterocycles. The first-order valence-electron chi connectivity index (χ1n) is 5.96. The van der Waals surface area contributed by atoms with Crippen molar-refractivity contribution < 1.29 is 0 Å². The Labute approximate surface area is 116 Å². The number of halogens is 1. The molecular formula is C15H9BrN2O. The van der Waals surface area contributed by atoms with Crippen LogP contribution in [0.25, 0.3) is 32.8 Å². The zero-order valence-corrected chi connectivity index (χ0v) is 11.4. The van der Waals surface area contributed by atoms with Crippen molar-refractivity contribution >= 4 is 48.8 Å². The third-order valence-electron chi connectivity index (χ3n) is 3.42. The van der Waals surface area contributed by atoms with E-state index in [2.05, 4.69) is 25.9 Å². The summed E-state index contributed by atoms with van der Waals surface area (Å²) in [6, 6.07) is 13.5. The predicted octanol–water partition coefficient (Wildman–Crippen LogP) is 3.93. The van der Waals surface area contributed by atoms with Gasteiger partial charge in [-0.2, -0.15) is 0 Å². The van der Waals surface area contributed by atoms with E-state index < -0.39 is 0 Å². The number of rotatable bonds is 0. The highest BCUT2D eigenvalue weighted by Gasteiger charge is 2.11. The highest BCUT2D eigenvalue weighted by atomic mass is 79.9. The Kier molecular flexibility index (Phi) is 2.11. The number of aromatic amines is 2. The molecule has 0 radical (unpaired) electrons. The van der Waals surface area contributed by atoms with E-state index in [0.29, 0.717) is 5.39 Å². The molecule has 0 fully saturated rings. The maximum Gasteiger partial charge on any atom is 0.199 e. The van der Waals surface area contributed by atoms with Crippen molar-refractivity contribution in [3.05, 3.63) is 57.2 Å². The van der Waals surface area contributed by atoms with E-state index in [1.54, 1.807) is 0 Å². The lowest BCUT2D eigenvalue weighted by Gasteiger charge is -1.99. The van der Waals surface area contributed by atoms with Gasteiger partial charge in [-0.25, -0.2) is 0 Å². The van der Waals surface area contributed by atoms with Gasteiger partial charge in [0, 0.05) is 20.8 Å². The van der Waals surface area contributed by atoms with Gasteiger partial charge in [-0.1, -0.05) is 34.1 Å². The molecule has 2 N–H and O–H groups in total. The van der Waals surface area contributed by atoms with E-state index in [9.17, 15) is 4.79 Å². The molecule has 2 heterocycles. The first-order chi connectivity index (χ1) is 9.24. The smallest absolute Gasteiger partial charge is 0.199 e. The number of hydrogen-bond donors (Lipinski definition) is 2. The molecule has 0 saturated carbocycles. The summed E-state index contributed by atoms with van der Waals surface area (Å²) >= 11 is 3.41. The number of hydrogen-bond acceptors (Lipinski definition) is 1. The Bertz CT molecular complexity index is 997. The molecule has 0 spiro atoms. The number of benzene rings is 2. The van der Waals surface area contributed by atoms with E-state index in [0.717, 1.165) is 31.9 Å². The Morgan fingerprint density at radius 2 is 1.63 bits per heavy atom. The van der Waals surface area contributed by atoms with E-state index in [4.69, 9.17) is 0 Å². The van der Waals surface area contributed by atoms with Crippen LogP contribution in [0.15, 0.2) is 51.7 Å². The average molecular weight is 313 g/mol. The van der Waals surface area contributed by atoms with Crippen LogP contribution < -0.4 is 5.43 Å². The lowest BCUT2D eigenvalue weighted by atomic mass is 10.1. The van der Waals surface area contributed by atoms with Crippen molar-refractivity contribution in [1.82, 2.24) is 9.97 Å². The molecule has 19 heavy (non-hydrogen) atoms. The van der Waals surface area contributed by atoms with E-state index in [1.807, 2.05) is 42.5 Å². The Balaban J connectivity index is 2.34. The van der Waals surface area contributed by atoms with Crippen molar-refractivity contribution in [1.29, 1.82) is 0 Å². The van der Waals surface area contributed by atoms with Gasteiger partial charge in [0.2, 0.25) is 0 Å². The summed E-state index contributed by atoms with van der Waals surface area (Å²) < 4.78 is 0.907. The van der Waals surface area contributed by atoms with Crippen LogP contribution in [0, 0.1) is 0 Å². The van der Waals surface area contributed by atoms with E-state index in [1.165, 1.54) is 0 Å². The molecule has 0 saturated heterocycles. The van der Waals surface area contributed by atoms with Gasteiger partial charge in [0.25, 0.3) is 0 Å². The van der Waals surface area contributed by atoms with Gasteiger partial charge in [-0.3, -0.25) is 4.79 Å². The molecule has 3 nitrogen and oxygen atoms in total. The SMILES string of the molecule is O=c1c2cc(Br)ccc2[nH]c2[nH]c3ccccc3c12. The number of pyridine rings is 1. The lowest BCUT2D eigenvalue weighted by molar-refractivity contribution is 1.39. The third kappa shape index (κ3) is 1.47. The largest absolute Gasteiger partial charge is 0.341 e. The number of fused-ring (bicyclic) bond motifs is 4. The second-order valence-corrected chi connectivity index (χ2v) is 5.48. The van der Waals surface area contributed by atoms with E-state index in [-0.39, 0.29) is 5.43 Å². The van der Waals surface area contributed by atoms with Gasteiger partial charge >= 0.3 is 0 Å². The highest BCUT2D eigenvalue weighted by molar-refractivity contribution is 9.10. The highest BCUT2D eigenvalue weighted by Crippen LogP contribution is 2.24. The minimum atomic E-state index is 0.0579. The molecule has 0 unspecified atom stereocenters. The van der Waals surface area contributed by atoms with Crippen LogP contribution in [0.3, 0.4) is 0 Å². The summed E-state index contributed by atoms with van der Waals surface area (Å²) in [5, 5.41) is 2.38. The van der Waals surface area contributed by atoms with Crippen LogP contribution in [-0.4, -0.2) is 9.97 Å². The quantitative estimate of drug-likeness (QED) is 0.508. The van der Waals surface area contributed by atoms with Crippen molar-refractivity contribution in [2.24, 2.45) is 0 Å². The standard InChI is InChI=1S/C15H9BrN2O/c16-8-5-6-12-10(7-8)14(19)13-9-3-1-2-4-11(9)17-15(13)18-12/h1-7H,(H2,17,18,19). The lowest BCUT2D eigenvalue weighted by Crippen LogP contribution is -2.03. The summed E-state index contributed by atoms with van der Waals surface area (Å²) in [4.78, 5) is 19.2. The molecule has 92 valence electrons. The second-order valence-electron chi connectivity index (χ2n) is 4.56. The van der Waals surface area contributed by atoms with Crippen LogP contribution in [-0.2, 0) is 0 Å². The number of aromatic nitrogens is 2. The van der Waals surface area contributed by atoms with Crippen LogP contribution in [0.4, 0.5) is 0 Å². The molecule has 4 rings (SSSR count). The second kappa shape index (κ2) is 3.71. The van der Waals surface area contributed by atoms with Crippen molar-refractivity contribution in [2.75, 3.05) is 0 Å². The molecule has 4 aromatic rings. The molecule has 2 aromatic carbocycles. The summed E-state index contributed by atoms with van der Waals surface area (Å²) in [7, 11) is 0. The molecule has 0 amide bonds. The molecule has 0 atom stereocenters. The van der Waals surface area contributed by atoms with Gasteiger partial charge in [0.05, 0.1) is 10.9 Å². The molecule has 0 aliphatic carbocycles. The predicted molar refractivity (Wildman–Crippen MR) is 81.6 cm³/mol. The summed E-state index contributed by atoms with van der Waals surface area (Å²) in [6.45, 7) is 0. The maximum atomic E-state index is 12.7. The van der Waals surface area contributed by atoms with Crippen molar-refractivity contribution in [2.45, 2.75) is 0 Å². The molecule has 0 aliphatic rings. The zero-order valence-electron chi connectivity index (χ0n) is 9.83. The molecule has 4 heteroatoms. The number of nitrogens with one attached hydrogen (secondary N) is 2. The maximum absolute atomic E-state index is 12.7. The van der Waals surface area contributed by atoms with Crippen LogP contribution in [0.1, 0.15) is 0 Å². The Morgan fingerprint density at radius 3 is 2.47 bits per heavy atom. The fourth-order valence-corrected chi connectivity index (χ4v) is 2.92. The van der Waals surface area contributed by atoms with Gasteiger partial charge in [-0.05, 0) is 24.3 Å². The van der Waals surface area contributed by atoms with E-state index >= 15 is 0 Å². The average Bonchev–Trinajstić information content (AvgIpc) is 2.78. The zero-order chi connectivity index (χ0) is 13.0. The number of para-hydroxylation sites is 1. The Hall–Kier alpha value is -2.07. The molecule has 0 bridgehead atoms. The van der Waals surface area contributed by atoms with Gasteiger partial charge in [0.15, 0.2) is 5.43 Å². The number of H-pyrrole nitrogens is 2. The minimum absolute atomic E-state index is 0.0579. The van der Waals surface area contributed by atoms with Crippen LogP contribution in [0.2, 0.25) is 0 Å². The first-order valence-corrected chi connectivity index (χ1v) is 6.75. The molecular weight excluding hydrogens is 304 g/mol. The minimum Gasteiger partial charge on any atom is -0.341 e. The topological polar surface area (TPSA) is 48.6 Å². The van der Waals surface area contributed by atoms with Gasteiger partial charge in [-0.15, -0.1) is 0 Å². The van der Waals surface area contributed by atoms with Gasteiger partial charge < -0.3 is 9.97 Å². The first kappa shape index (κ1) is 10.8. The van der Waals surface area contributed by atoms with Gasteiger partial charge in [0.1, 0.15) is 5.65 Å². The summed E-state index contributed by atoms with van der Waals surface area (Å²) in [6.07, 6.45) is 0. The molecule has 2 aromatic heterocycles. The Morgan fingerprint density at radius 1 is 0.895 bits per heavy atom. The summed E-state index contributed by atoms with van der Waals surface area (Å²) in [5.74, 6) is 0. The van der Waals surface area contributed by atoms with Crippen molar-refractivity contribution in [3.63, 3.8) is 0 Å². The summed E-state index contributed by atoms with van der Waals surface area (Å²) in [5.41, 5.74) is 2.65. The monoisotopic (exact) mass is 312 g/mol. The van der Waals surface area contributed by atoms with Crippen LogP contribution >= 0.6 is 15.9 Å². The normalized spacial score (nSPS) is 11.6. The van der Waals surface area contributed by atoms with Crippen molar-refractivity contribution in [3.8, 4) is 0 Å². The third-order valence-corrected chi connectivity index (χ3v) is 3.91. The fraction of sp³-hybridized carbons (Fsp3) is 0. The van der Waals surface area contributed by atoms with Crippen LogP contribution in [0.5, 0.6) is 0 Å².